The fourth-order valence-corrected chi connectivity index (χ4v) is 3.25. The molecule has 2 fully saturated rings. The molecule has 0 spiro atoms. The van der Waals surface area contributed by atoms with Crippen molar-refractivity contribution in [3.05, 3.63) is 0 Å². The molecule has 110 valence electrons. The van der Waals surface area contributed by atoms with Crippen molar-refractivity contribution in [2.24, 2.45) is 0 Å². The number of piperazine rings is 2. The lowest BCUT2D eigenvalue weighted by atomic mass is 10.3. The van der Waals surface area contributed by atoms with Crippen LogP contribution in [0, 0.1) is 0 Å². The highest BCUT2D eigenvalue weighted by Gasteiger charge is 2.26. The van der Waals surface area contributed by atoms with Gasteiger partial charge >= 0.3 is 0 Å². The monoisotopic (exact) mass is 290 g/mol. The number of amides is 1. The molecule has 0 aromatic heterocycles. The Bertz CT molecular complexity index is 412. The van der Waals surface area contributed by atoms with Crippen LogP contribution in [0.4, 0.5) is 0 Å². The number of rotatable bonds is 3. The van der Waals surface area contributed by atoms with Gasteiger partial charge < -0.3 is 10.2 Å². The van der Waals surface area contributed by atoms with Crippen molar-refractivity contribution >= 4 is 15.9 Å². The first-order valence-corrected chi connectivity index (χ1v) is 8.47. The average Bonchev–Trinajstić information content (AvgIpc) is 2.39. The molecule has 0 saturated carbocycles. The van der Waals surface area contributed by atoms with Crippen molar-refractivity contribution in [3.63, 3.8) is 0 Å². The molecule has 19 heavy (non-hydrogen) atoms. The van der Waals surface area contributed by atoms with Crippen LogP contribution in [0.2, 0.25) is 0 Å². The fourth-order valence-electron chi connectivity index (χ4n) is 2.42. The molecule has 2 aliphatic heterocycles. The second-order valence-corrected chi connectivity index (χ2v) is 7.05. The van der Waals surface area contributed by atoms with Crippen molar-refractivity contribution in [3.8, 4) is 0 Å². The third kappa shape index (κ3) is 4.13. The maximum atomic E-state index is 12.1. The van der Waals surface area contributed by atoms with Crippen LogP contribution >= 0.6 is 0 Å². The van der Waals surface area contributed by atoms with Gasteiger partial charge in [0, 0.05) is 52.4 Å². The van der Waals surface area contributed by atoms with Gasteiger partial charge in [-0.3, -0.25) is 9.69 Å². The largest absolute Gasteiger partial charge is 0.339 e. The molecule has 0 atom stereocenters. The van der Waals surface area contributed by atoms with E-state index in [4.69, 9.17) is 0 Å². The van der Waals surface area contributed by atoms with E-state index in [1.54, 1.807) is 0 Å². The molecular weight excluding hydrogens is 268 g/mol. The van der Waals surface area contributed by atoms with Crippen LogP contribution in [-0.4, -0.2) is 93.6 Å². The summed E-state index contributed by atoms with van der Waals surface area (Å²) in [6, 6.07) is 0. The van der Waals surface area contributed by atoms with Crippen LogP contribution in [0.15, 0.2) is 0 Å². The highest BCUT2D eigenvalue weighted by atomic mass is 32.2. The summed E-state index contributed by atoms with van der Waals surface area (Å²) in [6.07, 6.45) is 1.23. The van der Waals surface area contributed by atoms with E-state index >= 15 is 0 Å². The average molecular weight is 290 g/mol. The first-order valence-electron chi connectivity index (χ1n) is 6.63. The van der Waals surface area contributed by atoms with Crippen molar-refractivity contribution in [1.82, 2.24) is 19.4 Å². The van der Waals surface area contributed by atoms with Gasteiger partial charge in [0.05, 0.1) is 12.8 Å². The minimum atomic E-state index is -3.10. The number of carbonyl (C=O) groups is 1. The lowest BCUT2D eigenvalue weighted by Gasteiger charge is -2.35. The van der Waals surface area contributed by atoms with Gasteiger partial charge in [0.25, 0.3) is 0 Å². The summed E-state index contributed by atoms with van der Waals surface area (Å²) in [4.78, 5) is 16.0. The van der Waals surface area contributed by atoms with Crippen molar-refractivity contribution in [2.75, 3.05) is 65.2 Å². The van der Waals surface area contributed by atoms with Crippen LogP contribution in [0.1, 0.15) is 0 Å². The fraction of sp³-hybridized carbons (Fsp3) is 0.909. The number of hydrogen-bond donors (Lipinski definition) is 1. The van der Waals surface area contributed by atoms with E-state index in [2.05, 4.69) is 5.32 Å². The smallest absolute Gasteiger partial charge is 0.236 e. The molecule has 2 aliphatic rings. The molecule has 0 aliphatic carbocycles. The number of nitrogens with one attached hydrogen (secondary N) is 1. The van der Waals surface area contributed by atoms with Crippen LogP contribution in [0.3, 0.4) is 0 Å². The number of hydrogen-bond acceptors (Lipinski definition) is 5. The minimum absolute atomic E-state index is 0.148. The molecule has 0 radical (unpaired) electrons. The number of nitrogens with zero attached hydrogens (tertiary/aromatic N) is 3. The molecule has 2 saturated heterocycles. The molecule has 2 heterocycles. The molecule has 1 amide bonds. The summed E-state index contributed by atoms with van der Waals surface area (Å²) >= 11 is 0. The van der Waals surface area contributed by atoms with E-state index < -0.39 is 10.0 Å². The summed E-state index contributed by atoms with van der Waals surface area (Å²) in [5.41, 5.74) is 0. The molecule has 0 aromatic carbocycles. The predicted molar refractivity (Wildman–Crippen MR) is 72.3 cm³/mol. The summed E-state index contributed by atoms with van der Waals surface area (Å²) in [6.45, 7) is 5.86. The minimum Gasteiger partial charge on any atom is -0.339 e. The topological polar surface area (TPSA) is 73.0 Å². The lowest BCUT2D eigenvalue weighted by Crippen LogP contribution is -2.53. The molecule has 2 rings (SSSR count). The van der Waals surface area contributed by atoms with Crippen LogP contribution in [-0.2, 0) is 14.8 Å². The van der Waals surface area contributed by atoms with Crippen molar-refractivity contribution in [1.29, 1.82) is 0 Å². The standard InChI is InChI=1S/C11H22N4O3S/c1-19(17,18)15-8-6-13(7-9-15)10-11(16)14-4-2-12-3-5-14/h12H,2-10H2,1H3. The van der Waals surface area contributed by atoms with Crippen LogP contribution in [0.25, 0.3) is 0 Å². The Morgan fingerprint density at radius 3 is 2.16 bits per heavy atom. The van der Waals surface area contributed by atoms with Crippen LogP contribution in [0.5, 0.6) is 0 Å². The highest BCUT2D eigenvalue weighted by Crippen LogP contribution is 2.06. The third-order valence-corrected chi connectivity index (χ3v) is 4.93. The quantitative estimate of drug-likeness (QED) is 0.650. The lowest BCUT2D eigenvalue weighted by molar-refractivity contribution is -0.133. The van der Waals surface area contributed by atoms with Gasteiger partial charge in [-0.15, -0.1) is 0 Å². The Labute approximate surface area is 114 Å². The van der Waals surface area contributed by atoms with E-state index in [-0.39, 0.29) is 5.91 Å². The SMILES string of the molecule is CS(=O)(=O)N1CCN(CC(=O)N2CCNCC2)CC1. The van der Waals surface area contributed by atoms with Gasteiger partial charge in [0.1, 0.15) is 0 Å². The molecule has 0 aromatic rings. The molecular formula is C11H22N4O3S. The third-order valence-electron chi connectivity index (χ3n) is 3.63. The van der Waals surface area contributed by atoms with Crippen molar-refractivity contribution in [2.45, 2.75) is 0 Å². The zero-order valence-electron chi connectivity index (χ0n) is 11.3. The van der Waals surface area contributed by atoms with Gasteiger partial charge in [-0.25, -0.2) is 8.42 Å². The van der Waals surface area contributed by atoms with E-state index in [0.717, 1.165) is 26.2 Å². The van der Waals surface area contributed by atoms with Gasteiger partial charge in [-0.05, 0) is 0 Å². The van der Waals surface area contributed by atoms with Gasteiger partial charge in [0.15, 0.2) is 0 Å². The van der Waals surface area contributed by atoms with Gasteiger partial charge in [-0.2, -0.15) is 4.31 Å². The van der Waals surface area contributed by atoms with E-state index in [9.17, 15) is 13.2 Å². The first-order chi connectivity index (χ1) is 8.97. The molecule has 0 unspecified atom stereocenters. The zero-order chi connectivity index (χ0) is 13.9. The van der Waals surface area contributed by atoms with Crippen LogP contribution < -0.4 is 5.32 Å². The number of sulfonamides is 1. The Morgan fingerprint density at radius 2 is 1.63 bits per heavy atom. The second-order valence-electron chi connectivity index (χ2n) is 5.07. The Balaban J connectivity index is 1.77. The van der Waals surface area contributed by atoms with E-state index in [0.29, 0.717) is 32.7 Å². The van der Waals surface area contributed by atoms with Gasteiger partial charge in [-0.1, -0.05) is 0 Å². The van der Waals surface area contributed by atoms with Gasteiger partial charge in [0.2, 0.25) is 15.9 Å². The van der Waals surface area contributed by atoms with E-state index in [1.165, 1.54) is 10.6 Å². The molecule has 1 N–H and O–H groups in total. The first kappa shape index (κ1) is 14.7. The Hall–Kier alpha value is -0.700. The highest BCUT2D eigenvalue weighted by molar-refractivity contribution is 7.88. The zero-order valence-corrected chi connectivity index (χ0v) is 12.2. The summed E-state index contributed by atoms with van der Waals surface area (Å²) in [7, 11) is -3.10. The van der Waals surface area contributed by atoms with E-state index in [1.807, 2.05) is 9.80 Å². The Morgan fingerprint density at radius 1 is 1.05 bits per heavy atom. The second kappa shape index (κ2) is 6.17. The molecule has 0 bridgehead atoms. The maximum Gasteiger partial charge on any atom is 0.236 e. The summed E-state index contributed by atoms with van der Waals surface area (Å²) in [5.74, 6) is 0.148. The normalized spacial score (nSPS) is 23.5. The van der Waals surface area contributed by atoms with Crippen molar-refractivity contribution < 1.29 is 13.2 Å². The maximum absolute atomic E-state index is 12.1. The molecule has 7 nitrogen and oxygen atoms in total. The predicted octanol–water partition coefficient (Wildman–Crippen LogP) is -2.00. The Kier molecular flexibility index (Phi) is 4.77. The summed E-state index contributed by atoms with van der Waals surface area (Å²) < 4.78 is 24.2. The summed E-state index contributed by atoms with van der Waals surface area (Å²) in [5, 5.41) is 3.21. The molecule has 8 heteroatoms. The number of carbonyl (C=O) groups excluding carboxylic acids is 1.